The Kier molecular flexibility index (Phi) is 4.19. The molecule has 1 N–H and O–H groups in total. The van der Waals surface area contributed by atoms with E-state index in [1.54, 1.807) is 24.3 Å². The maximum absolute atomic E-state index is 12.1. The molecule has 1 saturated heterocycles. The Morgan fingerprint density at radius 2 is 1.84 bits per heavy atom. The number of carbonyl (C=O) groups is 2. The summed E-state index contributed by atoms with van der Waals surface area (Å²) in [6, 6.07) is 6.92. The summed E-state index contributed by atoms with van der Waals surface area (Å²) in [5.74, 6) is -0.436. The van der Waals surface area contributed by atoms with Gasteiger partial charge in [0.2, 0.25) is 0 Å². The van der Waals surface area contributed by atoms with Gasteiger partial charge in [-0.1, -0.05) is 12.1 Å². The van der Waals surface area contributed by atoms with Gasteiger partial charge in [0, 0.05) is 13.1 Å². The van der Waals surface area contributed by atoms with Crippen molar-refractivity contribution in [1.82, 2.24) is 10.2 Å². The number of halogens is 1. The first-order chi connectivity index (χ1) is 8.77. The van der Waals surface area contributed by atoms with Crippen LogP contribution in [0.3, 0.4) is 0 Å². The van der Waals surface area contributed by atoms with Crippen LogP contribution in [-0.2, 0) is 4.74 Å². The van der Waals surface area contributed by atoms with Gasteiger partial charge in [-0.15, -0.1) is 12.4 Å². The molecular formula is C13H15ClN2O3. The second kappa shape index (κ2) is 5.69. The molecule has 2 aliphatic heterocycles. The van der Waals surface area contributed by atoms with Crippen molar-refractivity contribution in [3.63, 3.8) is 0 Å². The average molecular weight is 283 g/mol. The molecule has 102 valence electrons. The van der Waals surface area contributed by atoms with Crippen molar-refractivity contribution in [1.29, 1.82) is 0 Å². The van der Waals surface area contributed by atoms with E-state index in [0.717, 1.165) is 6.54 Å². The number of benzene rings is 1. The van der Waals surface area contributed by atoms with E-state index in [2.05, 4.69) is 5.32 Å². The maximum atomic E-state index is 12.1. The van der Waals surface area contributed by atoms with Crippen LogP contribution in [0, 0.1) is 0 Å². The Morgan fingerprint density at radius 3 is 2.37 bits per heavy atom. The summed E-state index contributed by atoms with van der Waals surface area (Å²) in [5, 5.41) is 3.19. The van der Waals surface area contributed by atoms with Gasteiger partial charge in [0.15, 0.2) is 0 Å². The molecule has 0 spiro atoms. The molecule has 5 nitrogen and oxygen atoms in total. The molecule has 0 saturated carbocycles. The molecule has 0 aliphatic carbocycles. The van der Waals surface area contributed by atoms with Crippen LogP contribution in [0.25, 0.3) is 0 Å². The van der Waals surface area contributed by atoms with Crippen molar-refractivity contribution in [2.45, 2.75) is 6.10 Å². The summed E-state index contributed by atoms with van der Waals surface area (Å²) in [6.07, 6.45) is -0.110. The van der Waals surface area contributed by atoms with Crippen molar-refractivity contribution < 1.29 is 14.3 Å². The van der Waals surface area contributed by atoms with Crippen LogP contribution >= 0.6 is 12.4 Å². The Bertz CT molecular complexity index is 465. The number of carbonyl (C=O) groups excluding carboxylic acids is 2. The molecule has 1 atom stereocenters. The quantitative estimate of drug-likeness (QED) is 0.811. The van der Waals surface area contributed by atoms with Gasteiger partial charge in [-0.25, -0.2) is 0 Å². The van der Waals surface area contributed by atoms with Gasteiger partial charge >= 0.3 is 0 Å². The van der Waals surface area contributed by atoms with Gasteiger partial charge in [-0.05, 0) is 12.1 Å². The molecule has 19 heavy (non-hydrogen) atoms. The standard InChI is InChI=1S/C13H14N2O3.ClH/c16-12-10-3-1-2-4-11(10)13(17)15(12)8-9-7-14-5-6-18-9;/h1-4,9,14H,5-8H2;1H/t9-;/m1./s1. The van der Waals surface area contributed by atoms with E-state index >= 15 is 0 Å². The Balaban J connectivity index is 0.00000133. The molecule has 6 heteroatoms. The first-order valence-corrected chi connectivity index (χ1v) is 6.05. The molecule has 0 unspecified atom stereocenters. The van der Waals surface area contributed by atoms with Crippen molar-refractivity contribution in [2.75, 3.05) is 26.2 Å². The summed E-state index contributed by atoms with van der Waals surface area (Å²) >= 11 is 0. The first-order valence-electron chi connectivity index (χ1n) is 6.05. The van der Waals surface area contributed by atoms with Gasteiger partial charge in [-0.3, -0.25) is 14.5 Å². The zero-order valence-corrected chi connectivity index (χ0v) is 11.1. The van der Waals surface area contributed by atoms with Crippen molar-refractivity contribution in [3.05, 3.63) is 35.4 Å². The Labute approximate surface area is 117 Å². The Morgan fingerprint density at radius 1 is 1.21 bits per heavy atom. The van der Waals surface area contributed by atoms with E-state index in [-0.39, 0.29) is 30.3 Å². The van der Waals surface area contributed by atoms with Crippen LogP contribution in [0.4, 0.5) is 0 Å². The second-order valence-electron chi connectivity index (χ2n) is 4.46. The number of imide groups is 1. The van der Waals surface area contributed by atoms with Crippen LogP contribution < -0.4 is 5.32 Å². The molecule has 0 radical (unpaired) electrons. The predicted molar refractivity (Wildman–Crippen MR) is 71.7 cm³/mol. The molecule has 0 bridgehead atoms. The molecule has 2 amide bonds. The first kappa shape index (κ1) is 14.0. The highest BCUT2D eigenvalue weighted by atomic mass is 35.5. The Hall–Kier alpha value is -1.43. The fourth-order valence-electron chi connectivity index (χ4n) is 2.35. The third-order valence-corrected chi connectivity index (χ3v) is 3.27. The molecule has 1 aromatic carbocycles. The third-order valence-electron chi connectivity index (χ3n) is 3.27. The van der Waals surface area contributed by atoms with Gasteiger partial charge in [0.1, 0.15) is 0 Å². The van der Waals surface area contributed by atoms with Crippen LogP contribution in [0.1, 0.15) is 20.7 Å². The number of morpholine rings is 1. The van der Waals surface area contributed by atoms with E-state index < -0.39 is 0 Å². The number of rotatable bonds is 2. The molecular weight excluding hydrogens is 268 g/mol. The number of nitrogens with zero attached hydrogens (tertiary/aromatic N) is 1. The lowest BCUT2D eigenvalue weighted by Crippen LogP contribution is -2.46. The lowest BCUT2D eigenvalue weighted by molar-refractivity contribution is 0.00861. The minimum atomic E-state index is -0.218. The highest BCUT2D eigenvalue weighted by Crippen LogP contribution is 2.22. The largest absolute Gasteiger partial charge is 0.374 e. The van der Waals surface area contributed by atoms with Crippen molar-refractivity contribution in [3.8, 4) is 0 Å². The van der Waals surface area contributed by atoms with E-state index in [1.807, 2.05) is 0 Å². The monoisotopic (exact) mass is 282 g/mol. The molecule has 3 rings (SSSR count). The highest BCUT2D eigenvalue weighted by molar-refractivity contribution is 6.21. The minimum absolute atomic E-state index is 0. The third kappa shape index (κ3) is 2.49. The zero-order valence-electron chi connectivity index (χ0n) is 10.3. The number of amides is 2. The fraction of sp³-hybridized carbons (Fsp3) is 0.385. The summed E-state index contributed by atoms with van der Waals surface area (Å²) in [4.78, 5) is 25.5. The van der Waals surface area contributed by atoms with Crippen molar-refractivity contribution >= 4 is 24.2 Å². The number of ether oxygens (including phenoxy) is 1. The summed E-state index contributed by atoms with van der Waals surface area (Å²) in [7, 11) is 0. The second-order valence-corrected chi connectivity index (χ2v) is 4.46. The predicted octanol–water partition coefficient (Wildman–Crippen LogP) is 0.693. The van der Waals surface area contributed by atoms with Crippen LogP contribution in [0.5, 0.6) is 0 Å². The fourth-order valence-corrected chi connectivity index (χ4v) is 2.35. The number of hydrogen-bond acceptors (Lipinski definition) is 4. The normalized spacial score (nSPS) is 22.1. The lowest BCUT2D eigenvalue weighted by Gasteiger charge is -2.26. The number of fused-ring (bicyclic) bond motifs is 1. The van der Waals surface area contributed by atoms with Gasteiger partial charge in [0.05, 0.1) is 30.4 Å². The number of nitrogens with one attached hydrogen (secondary N) is 1. The lowest BCUT2D eigenvalue weighted by atomic mass is 10.1. The van der Waals surface area contributed by atoms with Crippen molar-refractivity contribution in [2.24, 2.45) is 0 Å². The van der Waals surface area contributed by atoms with E-state index in [1.165, 1.54) is 4.90 Å². The smallest absolute Gasteiger partial charge is 0.261 e. The molecule has 2 aliphatic rings. The van der Waals surface area contributed by atoms with Gasteiger partial charge in [0.25, 0.3) is 11.8 Å². The highest BCUT2D eigenvalue weighted by Gasteiger charge is 2.36. The SMILES string of the molecule is Cl.O=C1c2ccccc2C(=O)N1C[C@H]1CNCCO1. The number of hydrogen-bond donors (Lipinski definition) is 1. The van der Waals surface area contributed by atoms with Gasteiger partial charge < -0.3 is 10.1 Å². The van der Waals surface area contributed by atoms with Crippen LogP contribution in [0.15, 0.2) is 24.3 Å². The van der Waals surface area contributed by atoms with Gasteiger partial charge in [-0.2, -0.15) is 0 Å². The van der Waals surface area contributed by atoms with E-state index in [0.29, 0.717) is 30.8 Å². The van der Waals surface area contributed by atoms with Crippen LogP contribution in [-0.4, -0.2) is 49.1 Å². The summed E-state index contributed by atoms with van der Waals surface area (Å²) < 4.78 is 5.53. The maximum Gasteiger partial charge on any atom is 0.261 e. The topological polar surface area (TPSA) is 58.6 Å². The van der Waals surface area contributed by atoms with E-state index in [4.69, 9.17) is 4.74 Å². The van der Waals surface area contributed by atoms with E-state index in [9.17, 15) is 9.59 Å². The molecule has 1 fully saturated rings. The van der Waals surface area contributed by atoms with Crippen LogP contribution in [0.2, 0.25) is 0 Å². The minimum Gasteiger partial charge on any atom is -0.374 e. The molecule has 0 aromatic heterocycles. The summed E-state index contributed by atoms with van der Waals surface area (Å²) in [5.41, 5.74) is 0.984. The molecule has 2 heterocycles. The summed E-state index contributed by atoms with van der Waals surface area (Å²) in [6.45, 7) is 2.43. The zero-order chi connectivity index (χ0) is 12.5. The molecule has 1 aromatic rings. The average Bonchev–Trinajstić information content (AvgIpc) is 2.66.